The maximum absolute atomic E-state index is 14.0. The number of halogens is 4. The molecule has 5 rings (SSSR count). The van der Waals surface area contributed by atoms with E-state index < -0.39 is 18.0 Å². The van der Waals surface area contributed by atoms with Crippen molar-refractivity contribution in [2.45, 2.75) is 24.9 Å². The standard InChI is InChI=1S/C27H29F4N3O/c1-32-12-9-20-3-2-4-23(25(20)32)26(35)34-16-21(24(17-34)27(29,30)31)15-33-13-10-19(11-14-33)18-5-7-22(28)8-6-18/h2-9,12,19,21,24H,10-11,13-17H2,1H3/t21-,24-/m1/s1. The first-order chi connectivity index (χ1) is 16.7. The second kappa shape index (κ2) is 9.30. The number of carbonyl (C=O) groups is 1. The van der Waals surface area contributed by atoms with Gasteiger partial charge in [0.2, 0.25) is 0 Å². The molecule has 0 spiro atoms. The van der Waals surface area contributed by atoms with E-state index in [1.54, 1.807) is 24.3 Å². The predicted molar refractivity (Wildman–Crippen MR) is 127 cm³/mol. The zero-order valence-corrected chi connectivity index (χ0v) is 19.6. The van der Waals surface area contributed by atoms with Gasteiger partial charge in [0, 0.05) is 44.2 Å². The molecule has 8 heteroatoms. The van der Waals surface area contributed by atoms with Crippen LogP contribution in [0.15, 0.2) is 54.7 Å². The Hall–Kier alpha value is -2.87. The summed E-state index contributed by atoms with van der Waals surface area (Å²) in [5, 5.41) is 0.894. The summed E-state index contributed by atoms with van der Waals surface area (Å²) in [7, 11) is 1.83. The van der Waals surface area contributed by atoms with Crippen molar-refractivity contribution in [3.8, 4) is 0 Å². The largest absolute Gasteiger partial charge is 0.393 e. The minimum atomic E-state index is -4.36. The lowest BCUT2D eigenvalue weighted by atomic mass is 9.88. The van der Waals surface area contributed by atoms with Gasteiger partial charge < -0.3 is 14.4 Å². The minimum absolute atomic E-state index is 0.0989. The molecule has 3 heterocycles. The molecule has 2 aliphatic heterocycles. The zero-order chi connectivity index (χ0) is 24.7. The number of hydrogen-bond donors (Lipinski definition) is 0. The first kappa shape index (κ1) is 23.9. The van der Waals surface area contributed by atoms with E-state index in [4.69, 9.17) is 0 Å². The number of benzene rings is 2. The average molecular weight is 488 g/mol. The van der Waals surface area contributed by atoms with E-state index in [1.807, 2.05) is 29.9 Å². The number of piperidine rings is 1. The first-order valence-electron chi connectivity index (χ1n) is 12.1. The molecule has 4 nitrogen and oxygen atoms in total. The number of alkyl halides is 3. The van der Waals surface area contributed by atoms with E-state index in [2.05, 4.69) is 4.90 Å². The van der Waals surface area contributed by atoms with Crippen molar-refractivity contribution in [3.63, 3.8) is 0 Å². The summed E-state index contributed by atoms with van der Waals surface area (Å²) in [4.78, 5) is 16.8. The zero-order valence-electron chi connectivity index (χ0n) is 19.6. The van der Waals surface area contributed by atoms with Gasteiger partial charge in [0.15, 0.2) is 0 Å². The van der Waals surface area contributed by atoms with Gasteiger partial charge in [0.25, 0.3) is 5.91 Å². The second-order valence-electron chi connectivity index (χ2n) is 9.91. The number of fused-ring (bicyclic) bond motifs is 1. The lowest BCUT2D eigenvalue weighted by Gasteiger charge is -2.35. The van der Waals surface area contributed by atoms with Crippen LogP contribution in [0.1, 0.15) is 34.7 Å². The number of amides is 1. The molecule has 35 heavy (non-hydrogen) atoms. The highest BCUT2D eigenvalue weighted by atomic mass is 19.4. The molecule has 2 aromatic carbocycles. The van der Waals surface area contributed by atoms with Gasteiger partial charge in [0.1, 0.15) is 5.82 Å². The number of carbonyl (C=O) groups excluding carboxylic acids is 1. The van der Waals surface area contributed by atoms with Crippen LogP contribution < -0.4 is 0 Å². The Morgan fingerprint density at radius 2 is 1.71 bits per heavy atom. The fourth-order valence-corrected chi connectivity index (χ4v) is 5.81. The van der Waals surface area contributed by atoms with Gasteiger partial charge in [-0.25, -0.2) is 4.39 Å². The Balaban J connectivity index is 1.28. The van der Waals surface area contributed by atoms with Crippen molar-refractivity contribution in [3.05, 3.63) is 71.7 Å². The fourth-order valence-electron chi connectivity index (χ4n) is 5.81. The molecule has 3 aromatic rings. The van der Waals surface area contributed by atoms with E-state index in [0.29, 0.717) is 25.2 Å². The number of hydrogen-bond acceptors (Lipinski definition) is 2. The summed E-state index contributed by atoms with van der Waals surface area (Å²) in [6.45, 7) is 1.50. The normalized spacial score (nSPS) is 22.3. The lowest BCUT2D eigenvalue weighted by Crippen LogP contribution is -2.41. The maximum atomic E-state index is 14.0. The van der Waals surface area contributed by atoms with E-state index in [9.17, 15) is 22.4 Å². The van der Waals surface area contributed by atoms with Crippen molar-refractivity contribution in [2.24, 2.45) is 18.9 Å². The van der Waals surface area contributed by atoms with Crippen LogP contribution in [0.5, 0.6) is 0 Å². The summed E-state index contributed by atoms with van der Waals surface area (Å²) in [6.07, 6.45) is -0.855. The maximum Gasteiger partial charge on any atom is 0.393 e. The summed E-state index contributed by atoms with van der Waals surface area (Å²) in [6, 6.07) is 13.8. The van der Waals surface area contributed by atoms with Gasteiger partial charge in [-0.1, -0.05) is 24.3 Å². The van der Waals surface area contributed by atoms with Crippen molar-refractivity contribution in [1.29, 1.82) is 0 Å². The van der Waals surface area contributed by atoms with E-state index in [-0.39, 0.29) is 30.7 Å². The van der Waals surface area contributed by atoms with E-state index >= 15 is 0 Å². The van der Waals surface area contributed by atoms with Gasteiger partial charge in [-0.3, -0.25) is 4.79 Å². The van der Waals surface area contributed by atoms with Crippen LogP contribution in [-0.4, -0.2) is 59.2 Å². The number of aromatic nitrogens is 1. The number of likely N-dealkylation sites (tertiary alicyclic amines) is 2. The SMILES string of the molecule is Cn1ccc2cccc(C(=O)N3C[C@@H](CN4CCC(c5ccc(F)cc5)CC4)[C@H](C(F)(F)F)C3)c21. The molecule has 2 fully saturated rings. The van der Waals surface area contributed by atoms with Crippen LogP contribution >= 0.6 is 0 Å². The third-order valence-electron chi connectivity index (χ3n) is 7.70. The Bertz CT molecular complexity index is 1200. The van der Waals surface area contributed by atoms with Gasteiger partial charge in [-0.2, -0.15) is 13.2 Å². The van der Waals surface area contributed by atoms with Crippen LogP contribution in [0.4, 0.5) is 17.6 Å². The van der Waals surface area contributed by atoms with E-state index in [1.165, 1.54) is 17.0 Å². The Morgan fingerprint density at radius 1 is 1.00 bits per heavy atom. The molecule has 0 radical (unpaired) electrons. The molecule has 0 aliphatic carbocycles. The summed E-state index contributed by atoms with van der Waals surface area (Å²) in [5.74, 6) is -2.52. The van der Waals surface area contributed by atoms with Crippen LogP contribution in [0.2, 0.25) is 0 Å². The predicted octanol–water partition coefficient (Wildman–Crippen LogP) is 5.45. The molecule has 0 unspecified atom stereocenters. The van der Waals surface area contributed by atoms with Crippen molar-refractivity contribution in [2.75, 3.05) is 32.7 Å². The number of para-hydroxylation sites is 1. The summed E-state index contributed by atoms with van der Waals surface area (Å²) in [5.41, 5.74) is 2.26. The lowest BCUT2D eigenvalue weighted by molar-refractivity contribution is -0.181. The summed E-state index contributed by atoms with van der Waals surface area (Å²) < 4.78 is 57.0. The smallest absolute Gasteiger partial charge is 0.350 e. The average Bonchev–Trinajstić information content (AvgIpc) is 3.44. The second-order valence-corrected chi connectivity index (χ2v) is 9.91. The molecule has 1 aromatic heterocycles. The Labute approximate surface area is 202 Å². The monoisotopic (exact) mass is 487 g/mol. The quantitative estimate of drug-likeness (QED) is 0.458. The van der Waals surface area contributed by atoms with Gasteiger partial charge in [0.05, 0.1) is 17.0 Å². The highest BCUT2D eigenvalue weighted by Crippen LogP contribution is 2.39. The van der Waals surface area contributed by atoms with E-state index in [0.717, 1.165) is 29.3 Å². The molecular weight excluding hydrogens is 458 g/mol. The number of aryl methyl sites for hydroxylation is 1. The molecule has 2 aliphatic rings. The molecule has 2 saturated heterocycles. The fraction of sp³-hybridized carbons (Fsp3) is 0.444. The summed E-state index contributed by atoms with van der Waals surface area (Å²) >= 11 is 0. The third kappa shape index (κ3) is 4.81. The third-order valence-corrected chi connectivity index (χ3v) is 7.70. The molecule has 1 amide bonds. The molecule has 0 N–H and O–H groups in total. The van der Waals surface area contributed by atoms with Crippen LogP contribution in [0.3, 0.4) is 0 Å². The van der Waals surface area contributed by atoms with Gasteiger partial charge in [-0.15, -0.1) is 0 Å². The first-order valence-corrected chi connectivity index (χ1v) is 12.1. The van der Waals surface area contributed by atoms with Crippen LogP contribution in [0.25, 0.3) is 10.9 Å². The van der Waals surface area contributed by atoms with Crippen molar-refractivity contribution >= 4 is 16.8 Å². The molecule has 0 saturated carbocycles. The van der Waals surface area contributed by atoms with Crippen LogP contribution in [0, 0.1) is 17.7 Å². The Kier molecular flexibility index (Phi) is 6.34. The molecule has 2 atom stereocenters. The van der Waals surface area contributed by atoms with Gasteiger partial charge >= 0.3 is 6.18 Å². The Morgan fingerprint density at radius 3 is 2.40 bits per heavy atom. The van der Waals surface area contributed by atoms with Gasteiger partial charge in [-0.05, 0) is 61.7 Å². The van der Waals surface area contributed by atoms with Crippen LogP contribution in [-0.2, 0) is 7.05 Å². The topological polar surface area (TPSA) is 28.5 Å². The number of rotatable bonds is 4. The number of nitrogens with zero attached hydrogens (tertiary/aromatic N) is 3. The van der Waals surface area contributed by atoms with Crippen molar-refractivity contribution < 1.29 is 22.4 Å². The molecule has 186 valence electrons. The molecular formula is C27H29F4N3O. The molecule has 0 bridgehead atoms. The highest BCUT2D eigenvalue weighted by molar-refractivity contribution is 6.06. The minimum Gasteiger partial charge on any atom is -0.350 e. The van der Waals surface area contributed by atoms with Crippen molar-refractivity contribution in [1.82, 2.24) is 14.4 Å². The highest BCUT2D eigenvalue weighted by Gasteiger charge is 2.51.